The molecule has 0 radical (unpaired) electrons. The van der Waals surface area contributed by atoms with E-state index in [4.69, 9.17) is 10.9 Å². The Morgan fingerprint density at radius 1 is 1.57 bits per heavy atom. The van der Waals surface area contributed by atoms with Crippen molar-refractivity contribution in [2.45, 2.75) is 13.0 Å². The van der Waals surface area contributed by atoms with Crippen LogP contribution in [0.4, 0.5) is 0 Å². The molecule has 0 aliphatic heterocycles. The van der Waals surface area contributed by atoms with Gasteiger partial charge in [0.1, 0.15) is 5.84 Å². The van der Waals surface area contributed by atoms with Crippen LogP contribution in [0.25, 0.3) is 0 Å². The Morgan fingerprint density at radius 2 is 2.43 bits per heavy atom. The fraction of sp³-hybridized carbons (Fsp3) is 0.500. The fourth-order valence-electron chi connectivity index (χ4n) is 1.02. The third kappa shape index (κ3) is 3.90. The van der Waals surface area contributed by atoms with Crippen LogP contribution in [0.15, 0.2) is 23.6 Å². The maximum Gasteiger partial charge on any atom is 0.140 e. The molecule has 0 aromatic carbocycles. The molecule has 0 amide bonds. The second kappa shape index (κ2) is 5.98. The summed E-state index contributed by atoms with van der Waals surface area (Å²) in [5.41, 5.74) is 5.29. The SMILES string of the molecule is NC(CCNCCn1cccn1)=NO. The first-order valence-corrected chi connectivity index (χ1v) is 4.47. The van der Waals surface area contributed by atoms with Crippen molar-refractivity contribution >= 4 is 5.84 Å². The zero-order valence-corrected chi connectivity index (χ0v) is 7.93. The second-order valence-electron chi connectivity index (χ2n) is 2.86. The van der Waals surface area contributed by atoms with Crippen LogP contribution >= 0.6 is 0 Å². The molecule has 0 aliphatic rings. The number of aromatic nitrogens is 2. The van der Waals surface area contributed by atoms with Gasteiger partial charge in [0.2, 0.25) is 0 Å². The average Bonchev–Trinajstić information content (AvgIpc) is 2.69. The van der Waals surface area contributed by atoms with Gasteiger partial charge in [0.15, 0.2) is 0 Å². The summed E-state index contributed by atoms with van der Waals surface area (Å²) in [6.07, 6.45) is 4.21. The van der Waals surface area contributed by atoms with Gasteiger partial charge in [0, 0.05) is 31.9 Å². The number of rotatable bonds is 6. The summed E-state index contributed by atoms with van der Waals surface area (Å²) in [7, 11) is 0. The first-order chi connectivity index (χ1) is 6.83. The van der Waals surface area contributed by atoms with Crippen LogP contribution in [0.2, 0.25) is 0 Å². The highest BCUT2D eigenvalue weighted by Gasteiger charge is 1.93. The molecule has 0 atom stereocenters. The molecular formula is C8H15N5O. The number of amidine groups is 1. The first kappa shape index (κ1) is 10.5. The zero-order valence-electron chi connectivity index (χ0n) is 7.93. The maximum atomic E-state index is 8.26. The third-order valence-corrected chi connectivity index (χ3v) is 1.76. The van der Waals surface area contributed by atoms with Crippen molar-refractivity contribution < 1.29 is 5.21 Å². The predicted molar refractivity (Wildman–Crippen MR) is 53.1 cm³/mol. The van der Waals surface area contributed by atoms with E-state index in [1.54, 1.807) is 6.20 Å². The van der Waals surface area contributed by atoms with Crippen LogP contribution < -0.4 is 11.1 Å². The topological polar surface area (TPSA) is 88.5 Å². The molecule has 78 valence electrons. The minimum atomic E-state index is 0.247. The normalized spacial score (nSPS) is 11.9. The lowest BCUT2D eigenvalue weighted by Crippen LogP contribution is -2.25. The van der Waals surface area contributed by atoms with Gasteiger partial charge in [-0.3, -0.25) is 4.68 Å². The molecule has 1 heterocycles. The van der Waals surface area contributed by atoms with E-state index < -0.39 is 0 Å². The number of hydrogen-bond acceptors (Lipinski definition) is 4. The molecule has 1 aromatic rings. The molecule has 0 unspecified atom stereocenters. The highest BCUT2D eigenvalue weighted by molar-refractivity contribution is 5.79. The van der Waals surface area contributed by atoms with E-state index in [1.165, 1.54) is 0 Å². The van der Waals surface area contributed by atoms with Crippen molar-refractivity contribution in [3.05, 3.63) is 18.5 Å². The van der Waals surface area contributed by atoms with Gasteiger partial charge in [-0.25, -0.2) is 0 Å². The van der Waals surface area contributed by atoms with Crippen molar-refractivity contribution in [3.8, 4) is 0 Å². The molecule has 6 heteroatoms. The summed E-state index contributed by atoms with van der Waals surface area (Å²) in [5, 5.41) is 18.3. The van der Waals surface area contributed by atoms with Crippen LogP contribution in [-0.2, 0) is 6.54 Å². The number of nitrogens with one attached hydrogen (secondary N) is 1. The van der Waals surface area contributed by atoms with Gasteiger partial charge in [0.05, 0.1) is 6.54 Å². The standard InChI is InChI=1S/C8H15N5O/c9-8(12-14)2-4-10-5-7-13-6-1-3-11-13/h1,3,6,10,14H,2,4-5,7H2,(H2,9,12). The molecule has 0 bridgehead atoms. The number of nitrogens with two attached hydrogens (primary N) is 1. The number of oxime groups is 1. The molecule has 4 N–H and O–H groups in total. The number of nitrogens with zero attached hydrogens (tertiary/aromatic N) is 3. The van der Waals surface area contributed by atoms with Crippen molar-refractivity contribution in [1.82, 2.24) is 15.1 Å². The summed E-state index contributed by atoms with van der Waals surface area (Å²) in [6.45, 7) is 2.35. The third-order valence-electron chi connectivity index (χ3n) is 1.76. The molecule has 0 saturated carbocycles. The van der Waals surface area contributed by atoms with Gasteiger partial charge in [0.25, 0.3) is 0 Å². The Bertz CT molecular complexity index is 269. The molecule has 6 nitrogen and oxygen atoms in total. The van der Waals surface area contributed by atoms with Gasteiger partial charge < -0.3 is 16.3 Å². The van der Waals surface area contributed by atoms with Crippen molar-refractivity contribution in [3.63, 3.8) is 0 Å². The Labute approximate surface area is 82.4 Å². The van der Waals surface area contributed by atoms with Gasteiger partial charge in [-0.1, -0.05) is 5.16 Å². The Hall–Kier alpha value is -1.56. The van der Waals surface area contributed by atoms with Crippen LogP contribution in [-0.4, -0.2) is 33.9 Å². The van der Waals surface area contributed by atoms with E-state index in [0.717, 1.165) is 13.1 Å². The minimum absolute atomic E-state index is 0.247. The molecular weight excluding hydrogens is 182 g/mol. The van der Waals surface area contributed by atoms with Crippen molar-refractivity contribution in [2.24, 2.45) is 10.9 Å². The molecule has 0 saturated heterocycles. The molecule has 0 fully saturated rings. The van der Waals surface area contributed by atoms with E-state index in [9.17, 15) is 0 Å². The van der Waals surface area contributed by atoms with Gasteiger partial charge >= 0.3 is 0 Å². The van der Waals surface area contributed by atoms with Gasteiger partial charge in [-0.05, 0) is 6.07 Å². The Morgan fingerprint density at radius 3 is 3.07 bits per heavy atom. The summed E-state index contributed by atoms with van der Waals surface area (Å²) >= 11 is 0. The smallest absolute Gasteiger partial charge is 0.140 e. The lowest BCUT2D eigenvalue weighted by Gasteiger charge is -2.03. The zero-order chi connectivity index (χ0) is 10.2. The monoisotopic (exact) mass is 197 g/mol. The summed E-state index contributed by atoms with van der Waals surface area (Å²) in [5.74, 6) is 0.247. The largest absolute Gasteiger partial charge is 0.409 e. The summed E-state index contributed by atoms with van der Waals surface area (Å²) in [4.78, 5) is 0. The molecule has 14 heavy (non-hydrogen) atoms. The van der Waals surface area contributed by atoms with Crippen LogP contribution in [0.5, 0.6) is 0 Å². The van der Waals surface area contributed by atoms with E-state index in [0.29, 0.717) is 13.0 Å². The Kier molecular flexibility index (Phi) is 4.49. The lowest BCUT2D eigenvalue weighted by atomic mass is 10.4. The number of hydrogen-bond donors (Lipinski definition) is 3. The van der Waals surface area contributed by atoms with Gasteiger partial charge in [-0.2, -0.15) is 5.10 Å². The molecule has 1 rings (SSSR count). The van der Waals surface area contributed by atoms with Crippen LogP contribution in [0.3, 0.4) is 0 Å². The van der Waals surface area contributed by atoms with E-state index in [2.05, 4.69) is 15.6 Å². The second-order valence-corrected chi connectivity index (χ2v) is 2.86. The maximum absolute atomic E-state index is 8.26. The summed E-state index contributed by atoms with van der Waals surface area (Å²) in [6, 6.07) is 1.89. The fourth-order valence-corrected chi connectivity index (χ4v) is 1.02. The highest BCUT2D eigenvalue weighted by Crippen LogP contribution is 1.83. The summed E-state index contributed by atoms with van der Waals surface area (Å²) < 4.78 is 1.84. The predicted octanol–water partition coefficient (Wildman–Crippen LogP) is -0.391. The van der Waals surface area contributed by atoms with Crippen LogP contribution in [0, 0.1) is 0 Å². The van der Waals surface area contributed by atoms with E-state index >= 15 is 0 Å². The minimum Gasteiger partial charge on any atom is -0.409 e. The highest BCUT2D eigenvalue weighted by atomic mass is 16.4. The van der Waals surface area contributed by atoms with Crippen molar-refractivity contribution in [2.75, 3.05) is 13.1 Å². The average molecular weight is 197 g/mol. The van der Waals surface area contributed by atoms with Crippen LogP contribution in [0.1, 0.15) is 6.42 Å². The quantitative estimate of drug-likeness (QED) is 0.190. The van der Waals surface area contributed by atoms with Crippen molar-refractivity contribution in [1.29, 1.82) is 0 Å². The Balaban J connectivity index is 2.00. The molecule has 0 spiro atoms. The molecule has 1 aromatic heterocycles. The lowest BCUT2D eigenvalue weighted by molar-refractivity contribution is 0.316. The van der Waals surface area contributed by atoms with E-state index in [1.807, 2.05) is 16.9 Å². The first-order valence-electron chi connectivity index (χ1n) is 4.47. The van der Waals surface area contributed by atoms with Gasteiger partial charge in [-0.15, -0.1) is 0 Å². The van der Waals surface area contributed by atoms with E-state index in [-0.39, 0.29) is 5.84 Å². The molecule has 0 aliphatic carbocycles.